The van der Waals surface area contributed by atoms with E-state index in [4.69, 9.17) is 28.8 Å². The molecule has 3 aromatic rings. The first kappa shape index (κ1) is 29.4. The molecule has 1 fully saturated rings. The number of nitrogens with two attached hydrogens (primary N) is 3. The number of piperazine rings is 1. The molecule has 2 amide bonds. The van der Waals surface area contributed by atoms with Crippen molar-refractivity contribution in [3.8, 4) is 0 Å². The average Bonchev–Trinajstić information content (AvgIpc) is 2.92. The molecular formula is C31H39ClN6O2. The maximum Gasteiger partial charge on any atom is 0.245 e. The number of aliphatic imine (C=N–C) groups is 1. The minimum atomic E-state index is -0.774. The van der Waals surface area contributed by atoms with E-state index in [9.17, 15) is 9.59 Å². The number of halogens is 1. The summed E-state index contributed by atoms with van der Waals surface area (Å²) < 4.78 is 0. The lowest BCUT2D eigenvalue weighted by Gasteiger charge is -2.45. The summed E-state index contributed by atoms with van der Waals surface area (Å²) in [5.41, 5.74) is 20.5. The molecule has 1 aliphatic rings. The zero-order chi connectivity index (χ0) is 28.8. The molecular weight excluding hydrogens is 524 g/mol. The van der Waals surface area contributed by atoms with Crippen molar-refractivity contribution in [3.05, 3.63) is 82.4 Å². The Labute approximate surface area is 241 Å². The maximum atomic E-state index is 13.9. The van der Waals surface area contributed by atoms with Gasteiger partial charge in [0.2, 0.25) is 11.8 Å². The Kier molecular flexibility index (Phi) is 9.66. The molecule has 0 radical (unpaired) electrons. The van der Waals surface area contributed by atoms with Gasteiger partial charge in [0.1, 0.15) is 6.04 Å². The van der Waals surface area contributed by atoms with Crippen molar-refractivity contribution < 1.29 is 9.59 Å². The fourth-order valence-corrected chi connectivity index (χ4v) is 5.69. The van der Waals surface area contributed by atoms with Gasteiger partial charge in [-0.3, -0.25) is 14.6 Å². The Balaban J connectivity index is 1.49. The van der Waals surface area contributed by atoms with Crippen LogP contribution in [0.15, 0.2) is 65.7 Å². The van der Waals surface area contributed by atoms with Crippen molar-refractivity contribution >= 4 is 40.1 Å². The van der Waals surface area contributed by atoms with Crippen LogP contribution in [0.5, 0.6) is 0 Å². The Hall–Kier alpha value is -3.62. The number of rotatable bonds is 10. The highest BCUT2D eigenvalue weighted by molar-refractivity contribution is 6.30. The van der Waals surface area contributed by atoms with Gasteiger partial charge in [0.25, 0.3) is 0 Å². The number of carbonyl (C=O) groups excluding carboxylic acids is 2. The van der Waals surface area contributed by atoms with Crippen molar-refractivity contribution in [2.24, 2.45) is 22.2 Å². The molecule has 3 atom stereocenters. The van der Waals surface area contributed by atoms with Crippen molar-refractivity contribution in [3.63, 3.8) is 0 Å². The molecule has 0 unspecified atom stereocenters. The summed E-state index contributed by atoms with van der Waals surface area (Å²) >= 11 is 6.10. The average molecular weight is 563 g/mol. The molecule has 1 aliphatic heterocycles. The second-order valence-electron chi connectivity index (χ2n) is 10.6. The standard InChI is InChI=1S/C31H39ClN6O2/c1-20-16-26(32)12-11-24(20)18-27(33)29(39)38-19-21(2)37(30(40)28(38)8-5-14-36-31(34)35)15-13-22-9-10-23-6-3-4-7-25(23)17-22/h3-4,6-7,9-12,16-17,21,27-28H,5,8,13-15,18-19,33H2,1-2H3,(H4,34,35,36)/t21-,27-,28+/m1/s1. The quantitative estimate of drug-likeness (QED) is 0.198. The first-order valence-electron chi connectivity index (χ1n) is 13.8. The molecule has 6 N–H and O–H groups in total. The van der Waals surface area contributed by atoms with Crippen LogP contribution in [0.25, 0.3) is 10.8 Å². The second kappa shape index (κ2) is 13.2. The highest BCUT2D eigenvalue weighted by Gasteiger charge is 2.41. The molecule has 0 aromatic heterocycles. The number of aryl methyl sites for hydroxylation is 1. The molecule has 212 valence electrons. The number of amides is 2. The Morgan fingerprint density at radius 1 is 1.10 bits per heavy atom. The topological polar surface area (TPSA) is 131 Å². The van der Waals surface area contributed by atoms with E-state index in [-0.39, 0.29) is 23.8 Å². The zero-order valence-corrected chi connectivity index (χ0v) is 24.0. The molecule has 40 heavy (non-hydrogen) atoms. The van der Waals surface area contributed by atoms with Crippen molar-refractivity contribution in [1.29, 1.82) is 0 Å². The van der Waals surface area contributed by atoms with Crippen LogP contribution >= 0.6 is 11.6 Å². The van der Waals surface area contributed by atoms with Gasteiger partial charge in [-0.25, -0.2) is 0 Å². The highest BCUT2D eigenvalue weighted by Crippen LogP contribution is 2.24. The lowest BCUT2D eigenvalue weighted by molar-refractivity contribution is -0.155. The van der Waals surface area contributed by atoms with E-state index < -0.39 is 12.1 Å². The van der Waals surface area contributed by atoms with Gasteiger partial charge < -0.3 is 27.0 Å². The van der Waals surface area contributed by atoms with Gasteiger partial charge >= 0.3 is 0 Å². The van der Waals surface area contributed by atoms with Crippen LogP contribution in [0.1, 0.15) is 36.5 Å². The van der Waals surface area contributed by atoms with E-state index in [0.717, 1.165) is 17.5 Å². The third-order valence-electron chi connectivity index (χ3n) is 7.67. The fraction of sp³-hybridized carbons (Fsp3) is 0.387. The molecule has 0 bridgehead atoms. The van der Waals surface area contributed by atoms with Gasteiger partial charge in [0.15, 0.2) is 5.96 Å². The molecule has 9 heteroatoms. The van der Waals surface area contributed by atoms with Crippen molar-refractivity contribution in [2.45, 2.75) is 57.7 Å². The van der Waals surface area contributed by atoms with Gasteiger partial charge in [0, 0.05) is 30.7 Å². The van der Waals surface area contributed by atoms with Gasteiger partial charge in [-0.2, -0.15) is 0 Å². The molecule has 0 saturated carbocycles. The van der Waals surface area contributed by atoms with E-state index in [2.05, 4.69) is 35.3 Å². The molecule has 4 rings (SSSR count). The summed E-state index contributed by atoms with van der Waals surface area (Å²) in [7, 11) is 0. The highest BCUT2D eigenvalue weighted by atomic mass is 35.5. The monoisotopic (exact) mass is 562 g/mol. The third-order valence-corrected chi connectivity index (χ3v) is 7.90. The number of benzene rings is 3. The normalized spacial score (nSPS) is 18.1. The van der Waals surface area contributed by atoms with Crippen LogP contribution in [-0.4, -0.2) is 65.3 Å². The Bertz CT molecular complexity index is 1390. The summed E-state index contributed by atoms with van der Waals surface area (Å²) in [6.45, 7) is 5.31. The molecule has 0 aliphatic carbocycles. The number of fused-ring (bicyclic) bond motifs is 1. The van der Waals surface area contributed by atoms with Crippen LogP contribution in [0.4, 0.5) is 0 Å². The third kappa shape index (κ3) is 7.11. The first-order valence-corrected chi connectivity index (χ1v) is 14.2. The predicted molar refractivity (Wildman–Crippen MR) is 162 cm³/mol. The number of hydrogen-bond acceptors (Lipinski definition) is 4. The van der Waals surface area contributed by atoms with Crippen LogP contribution in [-0.2, 0) is 22.4 Å². The molecule has 1 heterocycles. The molecule has 1 saturated heterocycles. The molecule has 8 nitrogen and oxygen atoms in total. The van der Waals surface area contributed by atoms with E-state index in [1.54, 1.807) is 11.0 Å². The molecule has 3 aromatic carbocycles. The number of hydrogen-bond donors (Lipinski definition) is 3. The SMILES string of the molecule is Cc1cc(Cl)ccc1C[C@@H](N)C(=O)N1C[C@@H](C)N(CCc2ccc3ccccc3c2)C(=O)[C@@H]1CCCN=C(N)N. The van der Waals surface area contributed by atoms with Gasteiger partial charge in [0.05, 0.1) is 6.04 Å². The minimum absolute atomic E-state index is 0.00823. The first-order chi connectivity index (χ1) is 19.1. The number of carbonyl (C=O) groups is 2. The van der Waals surface area contributed by atoms with E-state index >= 15 is 0 Å². The van der Waals surface area contributed by atoms with Crippen molar-refractivity contribution in [2.75, 3.05) is 19.6 Å². The summed E-state index contributed by atoms with van der Waals surface area (Å²) in [6, 6.07) is 18.7. The summed E-state index contributed by atoms with van der Waals surface area (Å²) in [4.78, 5) is 35.2. The summed E-state index contributed by atoms with van der Waals surface area (Å²) in [5, 5.41) is 3.01. The predicted octanol–water partition coefficient (Wildman–Crippen LogP) is 3.40. The lowest BCUT2D eigenvalue weighted by Crippen LogP contribution is -2.64. The maximum absolute atomic E-state index is 13.9. The molecule has 0 spiro atoms. The van der Waals surface area contributed by atoms with Crippen LogP contribution in [0.2, 0.25) is 5.02 Å². The van der Waals surface area contributed by atoms with E-state index in [0.29, 0.717) is 43.9 Å². The van der Waals surface area contributed by atoms with Gasteiger partial charge in [-0.05, 0) is 79.1 Å². The van der Waals surface area contributed by atoms with Gasteiger partial charge in [-0.15, -0.1) is 0 Å². The van der Waals surface area contributed by atoms with Crippen LogP contribution < -0.4 is 17.2 Å². The lowest BCUT2D eigenvalue weighted by atomic mass is 9.96. The largest absolute Gasteiger partial charge is 0.370 e. The van der Waals surface area contributed by atoms with E-state index in [1.165, 1.54) is 16.3 Å². The zero-order valence-electron chi connectivity index (χ0n) is 23.2. The summed E-state index contributed by atoms with van der Waals surface area (Å²) in [6.07, 6.45) is 2.11. The van der Waals surface area contributed by atoms with Crippen LogP contribution in [0.3, 0.4) is 0 Å². The smallest absolute Gasteiger partial charge is 0.245 e. The van der Waals surface area contributed by atoms with Gasteiger partial charge in [-0.1, -0.05) is 60.1 Å². The Morgan fingerprint density at radius 2 is 1.85 bits per heavy atom. The van der Waals surface area contributed by atoms with E-state index in [1.807, 2.05) is 43.0 Å². The summed E-state index contributed by atoms with van der Waals surface area (Å²) in [5.74, 6) is -0.281. The number of nitrogens with zero attached hydrogens (tertiary/aromatic N) is 3. The Morgan fingerprint density at radius 3 is 2.58 bits per heavy atom. The van der Waals surface area contributed by atoms with Crippen LogP contribution in [0, 0.1) is 6.92 Å². The van der Waals surface area contributed by atoms with Crippen molar-refractivity contribution in [1.82, 2.24) is 9.80 Å². The second-order valence-corrected chi connectivity index (χ2v) is 11.1. The minimum Gasteiger partial charge on any atom is -0.370 e. The fourth-order valence-electron chi connectivity index (χ4n) is 5.47. The number of guanidine groups is 1.